The summed E-state index contributed by atoms with van der Waals surface area (Å²) in [6.45, 7) is 5.79. The van der Waals surface area contributed by atoms with Gasteiger partial charge in [-0.15, -0.1) is 0 Å². The molecule has 0 aliphatic heterocycles. The Balaban J connectivity index is 2.14. The lowest BCUT2D eigenvalue weighted by molar-refractivity contribution is 0.618. The van der Waals surface area contributed by atoms with Crippen molar-refractivity contribution in [2.45, 2.75) is 26.2 Å². The van der Waals surface area contributed by atoms with E-state index in [0.717, 1.165) is 23.5 Å². The third-order valence-electron chi connectivity index (χ3n) is 2.81. The Labute approximate surface area is 84.5 Å². The average Bonchev–Trinajstić information content (AvgIpc) is 2.93. The van der Waals surface area contributed by atoms with E-state index in [9.17, 15) is 4.39 Å². The second kappa shape index (κ2) is 3.56. The second-order valence-electron chi connectivity index (χ2n) is 4.22. The van der Waals surface area contributed by atoms with E-state index >= 15 is 0 Å². The number of benzene rings is 1. The molecular weight excluding hydrogens is 175 g/mol. The number of hydrogen-bond donors (Lipinski definition) is 0. The molecule has 14 heavy (non-hydrogen) atoms. The quantitative estimate of drug-likeness (QED) is 0.677. The van der Waals surface area contributed by atoms with Crippen LogP contribution in [0.25, 0.3) is 5.57 Å². The highest BCUT2D eigenvalue weighted by Gasteiger charge is 2.22. The van der Waals surface area contributed by atoms with E-state index in [2.05, 4.69) is 6.58 Å². The van der Waals surface area contributed by atoms with Crippen LogP contribution < -0.4 is 0 Å². The summed E-state index contributed by atoms with van der Waals surface area (Å²) in [7, 11) is 0. The van der Waals surface area contributed by atoms with Crippen LogP contribution >= 0.6 is 0 Å². The summed E-state index contributed by atoms with van der Waals surface area (Å²) in [6.07, 6.45) is 3.66. The van der Waals surface area contributed by atoms with Gasteiger partial charge in [0, 0.05) is 0 Å². The zero-order chi connectivity index (χ0) is 10.1. The van der Waals surface area contributed by atoms with Crippen molar-refractivity contribution in [2.75, 3.05) is 0 Å². The van der Waals surface area contributed by atoms with Crippen LogP contribution in [-0.2, 0) is 0 Å². The maximum Gasteiger partial charge on any atom is 0.126 e. The van der Waals surface area contributed by atoms with Crippen LogP contribution in [0.2, 0.25) is 0 Å². The Kier molecular flexibility index (Phi) is 2.40. The van der Waals surface area contributed by atoms with Crippen molar-refractivity contribution in [1.82, 2.24) is 0 Å². The summed E-state index contributed by atoms with van der Waals surface area (Å²) in [5, 5.41) is 0. The van der Waals surface area contributed by atoms with Gasteiger partial charge in [-0.05, 0) is 54.9 Å². The summed E-state index contributed by atoms with van der Waals surface area (Å²) in [4.78, 5) is 0. The Morgan fingerprint density at radius 3 is 2.79 bits per heavy atom. The summed E-state index contributed by atoms with van der Waals surface area (Å²) in [6, 6.07) is 5.38. The monoisotopic (exact) mass is 190 g/mol. The van der Waals surface area contributed by atoms with E-state index < -0.39 is 0 Å². The molecule has 0 unspecified atom stereocenters. The van der Waals surface area contributed by atoms with Gasteiger partial charge in [-0.25, -0.2) is 4.39 Å². The van der Waals surface area contributed by atoms with Gasteiger partial charge in [0.1, 0.15) is 5.82 Å². The van der Waals surface area contributed by atoms with Gasteiger partial charge in [0.25, 0.3) is 0 Å². The van der Waals surface area contributed by atoms with Crippen molar-refractivity contribution >= 4 is 5.57 Å². The van der Waals surface area contributed by atoms with Crippen molar-refractivity contribution < 1.29 is 4.39 Å². The highest BCUT2D eigenvalue weighted by atomic mass is 19.1. The fraction of sp³-hybridized carbons (Fsp3) is 0.385. The molecule has 0 saturated heterocycles. The number of aryl methyl sites for hydroxylation is 1. The molecule has 0 bridgehead atoms. The minimum absolute atomic E-state index is 0.126. The van der Waals surface area contributed by atoms with E-state index in [1.165, 1.54) is 12.8 Å². The van der Waals surface area contributed by atoms with Gasteiger partial charge in [0.2, 0.25) is 0 Å². The fourth-order valence-corrected chi connectivity index (χ4v) is 1.60. The topological polar surface area (TPSA) is 0 Å². The molecule has 0 amide bonds. The van der Waals surface area contributed by atoms with Gasteiger partial charge >= 0.3 is 0 Å². The maximum absolute atomic E-state index is 13.3. The molecular formula is C13H15F. The molecule has 0 aromatic heterocycles. The Morgan fingerprint density at radius 1 is 1.50 bits per heavy atom. The predicted molar refractivity (Wildman–Crippen MR) is 57.5 cm³/mol. The molecule has 1 aromatic carbocycles. The summed E-state index contributed by atoms with van der Waals surface area (Å²) in [5.74, 6) is 0.686. The molecule has 2 rings (SSSR count). The molecule has 1 aromatic rings. The molecule has 0 nitrogen and oxygen atoms in total. The lowest BCUT2D eigenvalue weighted by Gasteiger charge is -2.06. The van der Waals surface area contributed by atoms with Gasteiger partial charge in [0.15, 0.2) is 0 Å². The lowest BCUT2D eigenvalue weighted by atomic mass is 10.0. The van der Waals surface area contributed by atoms with Crippen molar-refractivity contribution in [3.05, 3.63) is 41.7 Å². The molecule has 1 saturated carbocycles. The molecule has 0 atom stereocenters. The number of halogens is 1. The first-order valence-corrected chi connectivity index (χ1v) is 5.11. The normalized spacial score (nSPS) is 15.6. The van der Waals surface area contributed by atoms with Crippen LogP contribution in [-0.4, -0.2) is 0 Å². The van der Waals surface area contributed by atoms with Gasteiger partial charge in [0.05, 0.1) is 0 Å². The van der Waals surface area contributed by atoms with Crippen LogP contribution in [0.5, 0.6) is 0 Å². The van der Waals surface area contributed by atoms with E-state index in [1.54, 1.807) is 13.0 Å². The molecule has 0 radical (unpaired) electrons. The molecule has 0 heterocycles. The van der Waals surface area contributed by atoms with Crippen molar-refractivity contribution in [3.63, 3.8) is 0 Å². The average molecular weight is 190 g/mol. The summed E-state index contributed by atoms with van der Waals surface area (Å²) < 4.78 is 13.3. The van der Waals surface area contributed by atoms with Crippen LogP contribution in [0.3, 0.4) is 0 Å². The van der Waals surface area contributed by atoms with Gasteiger partial charge in [-0.1, -0.05) is 18.7 Å². The van der Waals surface area contributed by atoms with Gasteiger partial charge in [-0.2, -0.15) is 0 Å². The smallest absolute Gasteiger partial charge is 0.126 e. The van der Waals surface area contributed by atoms with E-state index in [0.29, 0.717) is 5.56 Å². The van der Waals surface area contributed by atoms with Crippen molar-refractivity contribution in [3.8, 4) is 0 Å². The second-order valence-corrected chi connectivity index (χ2v) is 4.22. The van der Waals surface area contributed by atoms with Gasteiger partial charge < -0.3 is 0 Å². The zero-order valence-electron chi connectivity index (χ0n) is 8.52. The minimum atomic E-state index is -0.126. The Bertz CT molecular complexity index is 361. The third kappa shape index (κ3) is 2.03. The minimum Gasteiger partial charge on any atom is -0.207 e. The number of hydrogen-bond acceptors (Lipinski definition) is 0. The molecule has 74 valence electrons. The maximum atomic E-state index is 13.3. The first kappa shape index (κ1) is 9.45. The standard InChI is InChI=1S/C13H15F/c1-9-3-6-12(8-13(9)14)10(2)7-11-4-5-11/h3,6,8,11H,2,4-5,7H2,1H3. The summed E-state index contributed by atoms with van der Waals surface area (Å²) in [5.41, 5.74) is 2.74. The van der Waals surface area contributed by atoms with Crippen LogP contribution in [0.15, 0.2) is 24.8 Å². The predicted octanol–water partition coefficient (Wildman–Crippen LogP) is 3.95. The summed E-state index contributed by atoms with van der Waals surface area (Å²) >= 11 is 0. The fourth-order valence-electron chi connectivity index (χ4n) is 1.60. The molecule has 1 aliphatic carbocycles. The first-order chi connectivity index (χ1) is 6.66. The number of allylic oxidation sites excluding steroid dienone is 1. The number of rotatable bonds is 3. The highest BCUT2D eigenvalue weighted by Crippen LogP contribution is 2.37. The molecule has 0 N–H and O–H groups in total. The van der Waals surface area contributed by atoms with Crippen molar-refractivity contribution in [1.29, 1.82) is 0 Å². The Hall–Kier alpha value is -1.11. The molecule has 1 fully saturated rings. The van der Waals surface area contributed by atoms with Gasteiger partial charge in [-0.3, -0.25) is 0 Å². The first-order valence-electron chi connectivity index (χ1n) is 5.11. The zero-order valence-corrected chi connectivity index (χ0v) is 8.52. The highest BCUT2D eigenvalue weighted by molar-refractivity contribution is 5.64. The Morgan fingerprint density at radius 2 is 2.21 bits per heavy atom. The van der Waals surface area contributed by atoms with Crippen LogP contribution in [0.1, 0.15) is 30.4 Å². The third-order valence-corrected chi connectivity index (χ3v) is 2.81. The van der Waals surface area contributed by atoms with E-state index in [4.69, 9.17) is 0 Å². The SMILES string of the molecule is C=C(CC1CC1)c1ccc(C)c(F)c1. The van der Waals surface area contributed by atoms with E-state index in [1.807, 2.05) is 12.1 Å². The van der Waals surface area contributed by atoms with Crippen LogP contribution in [0.4, 0.5) is 4.39 Å². The van der Waals surface area contributed by atoms with Crippen molar-refractivity contribution in [2.24, 2.45) is 5.92 Å². The largest absolute Gasteiger partial charge is 0.207 e. The lowest BCUT2D eigenvalue weighted by Crippen LogP contribution is -1.88. The molecule has 0 spiro atoms. The molecule has 1 aliphatic rings. The van der Waals surface area contributed by atoms with Crippen LogP contribution in [0, 0.1) is 18.7 Å². The van der Waals surface area contributed by atoms with E-state index in [-0.39, 0.29) is 5.82 Å². The molecule has 1 heteroatoms.